The summed E-state index contributed by atoms with van der Waals surface area (Å²) in [5.41, 5.74) is 1.19. The van der Waals surface area contributed by atoms with Gasteiger partial charge in [0, 0.05) is 0 Å². The second-order valence-corrected chi connectivity index (χ2v) is 6.97. The molecule has 0 radical (unpaired) electrons. The third-order valence-electron chi connectivity index (χ3n) is 3.73. The van der Waals surface area contributed by atoms with E-state index in [0.717, 1.165) is 23.3 Å². The molecule has 9 heteroatoms. The maximum Gasteiger partial charge on any atom is 2.00 e. The van der Waals surface area contributed by atoms with Gasteiger partial charge in [-0.1, -0.05) is 73.8 Å². The molecule has 0 heterocycles. The summed E-state index contributed by atoms with van der Waals surface area (Å²) >= 11 is 0. The molecule has 0 aliphatic rings. The van der Waals surface area contributed by atoms with Crippen molar-refractivity contribution in [1.82, 2.24) is 0 Å². The third kappa shape index (κ3) is 17.2. The fourth-order valence-corrected chi connectivity index (χ4v) is 1.98. The van der Waals surface area contributed by atoms with Gasteiger partial charge < -0.3 is 25.3 Å². The number of hydrogen-bond acceptors (Lipinski definition) is 6. The molecule has 2 aromatic rings. The largest absolute Gasteiger partial charge is 2.00 e. The first-order valence-electron chi connectivity index (χ1n) is 9.11. The van der Waals surface area contributed by atoms with Gasteiger partial charge in [-0.15, -0.1) is 0 Å². The predicted molar refractivity (Wildman–Crippen MR) is 112 cm³/mol. The first-order chi connectivity index (χ1) is 14.0. The van der Waals surface area contributed by atoms with Gasteiger partial charge in [0.2, 0.25) is 0 Å². The minimum Gasteiger partial charge on any atom is -2.00 e. The Balaban J connectivity index is -0.000000276. The van der Waals surface area contributed by atoms with Crippen LogP contribution in [0.25, 0.3) is 0 Å². The van der Waals surface area contributed by atoms with Gasteiger partial charge in [0.1, 0.15) is 11.2 Å². The van der Waals surface area contributed by atoms with Crippen LogP contribution in [0.2, 0.25) is 0 Å². The maximum atomic E-state index is 9.14. The predicted octanol–water partition coefficient (Wildman–Crippen LogP) is 2.53. The van der Waals surface area contributed by atoms with Gasteiger partial charge in [-0.25, -0.2) is 9.78 Å². The number of carbonyl (C=O) groups is 2. The van der Waals surface area contributed by atoms with Crippen LogP contribution in [0.15, 0.2) is 86.0 Å². The van der Waals surface area contributed by atoms with E-state index in [4.69, 9.17) is 29.6 Å². The van der Waals surface area contributed by atoms with E-state index < -0.39 is 23.1 Å². The zero-order chi connectivity index (χ0) is 23.2. The zero-order valence-electron chi connectivity index (χ0n) is 19.6. The van der Waals surface area contributed by atoms with E-state index in [2.05, 4.69) is 13.2 Å². The van der Waals surface area contributed by atoms with E-state index in [-0.39, 0.29) is 44.4 Å². The fourth-order valence-electron chi connectivity index (χ4n) is 1.98. The summed E-state index contributed by atoms with van der Waals surface area (Å²) in [4.78, 5) is 29.7. The van der Waals surface area contributed by atoms with E-state index in [9.17, 15) is 0 Å². The molecule has 2 rings (SSSR count). The third-order valence-corrected chi connectivity index (χ3v) is 3.73. The molecule has 0 aromatic heterocycles. The Bertz CT molecular complexity index is 739. The van der Waals surface area contributed by atoms with Crippen molar-refractivity contribution < 1.29 is 74.0 Å². The molecular formula is C24H28O7Zn2. The second-order valence-electron chi connectivity index (χ2n) is 6.97. The smallest absolute Gasteiger partial charge is 2.00 e. The molecule has 0 spiro atoms. The topological polar surface area (TPSA) is 127 Å². The summed E-state index contributed by atoms with van der Waals surface area (Å²) in [6.07, 6.45) is 1.44. The monoisotopic (exact) mass is 556 g/mol. The molecule has 0 aliphatic heterocycles. The molecule has 0 N–H and O–H groups in total. The first kappa shape index (κ1) is 38.3. The molecule has 0 unspecified atom stereocenters. The van der Waals surface area contributed by atoms with Crippen LogP contribution >= 0.6 is 0 Å². The Labute approximate surface area is 221 Å². The fraction of sp³-hybridized carbons (Fsp3) is 0.250. The molecular weight excluding hydrogens is 531 g/mol. The van der Waals surface area contributed by atoms with Crippen molar-refractivity contribution in [2.45, 2.75) is 38.9 Å². The zero-order valence-corrected chi connectivity index (χ0v) is 25.5. The van der Waals surface area contributed by atoms with E-state index in [1.54, 1.807) is 0 Å². The standard InChI is InChI=1S/C18H22O2.2C3H4O2.O.2Zn/c1-17(2,15-11-7-5-8-12-15)19-20-18(3,4)16-13-9-6-10-14-16;2*1-2-3(4)5;;;/h5-14H,1-4H3;2*2H,1H2,(H,4,5);;;/q;;;-2;2*+2/p-2. The van der Waals surface area contributed by atoms with Crippen LogP contribution < -0.4 is 10.2 Å². The summed E-state index contributed by atoms with van der Waals surface area (Å²) in [6.45, 7) is 13.8. The Kier molecular flexibility index (Phi) is 22.6. The van der Waals surface area contributed by atoms with Crippen LogP contribution in [0, 0.1) is 0 Å². The van der Waals surface area contributed by atoms with Gasteiger partial charge in [0.25, 0.3) is 0 Å². The summed E-state index contributed by atoms with van der Waals surface area (Å²) in [5.74, 6) is -2.46. The van der Waals surface area contributed by atoms with Crippen LogP contribution in [0.4, 0.5) is 0 Å². The van der Waals surface area contributed by atoms with Gasteiger partial charge in [-0.3, -0.25) is 0 Å². The van der Waals surface area contributed by atoms with E-state index in [0.29, 0.717) is 0 Å². The van der Waals surface area contributed by atoms with Crippen molar-refractivity contribution in [2.24, 2.45) is 0 Å². The van der Waals surface area contributed by atoms with Crippen LogP contribution in [-0.4, -0.2) is 11.9 Å². The van der Waals surface area contributed by atoms with Gasteiger partial charge in [-0.2, -0.15) is 0 Å². The van der Waals surface area contributed by atoms with E-state index in [1.165, 1.54) is 0 Å². The van der Waals surface area contributed by atoms with Crippen molar-refractivity contribution in [3.63, 3.8) is 0 Å². The van der Waals surface area contributed by atoms with Gasteiger partial charge in [0.15, 0.2) is 0 Å². The second kappa shape index (κ2) is 19.5. The minimum atomic E-state index is -1.23. The first-order valence-corrected chi connectivity index (χ1v) is 9.11. The Morgan fingerprint density at radius 3 is 1.09 bits per heavy atom. The van der Waals surface area contributed by atoms with Gasteiger partial charge in [0.05, 0.1) is 11.9 Å². The maximum absolute atomic E-state index is 9.14. The average Bonchev–Trinajstić information content (AvgIpc) is 2.74. The molecule has 0 amide bonds. The SMILES string of the molecule is C=CC(=O)[O-].C=CC(=O)[O-].CC(C)(OOC(C)(C)c1ccccc1)c1ccccc1.[O-2].[Zn+2].[Zn+2]. The van der Waals surface area contributed by atoms with Crippen molar-refractivity contribution in [1.29, 1.82) is 0 Å². The van der Waals surface area contributed by atoms with Crippen molar-refractivity contribution in [3.8, 4) is 0 Å². The number of aliphatic carboxylic acids is 2. The molecule has 0 bridgehead atoms. The van der Waals surface area contributed by atoms with E-state index in [1.807, 2.05) is 88.4 Å². The Morgan fingerprint density at radius 1 is 0.697 bits per heavy atom. The molecule has 2 aromatic carbocycles. The van der Waals surface area contributed by atoms with Crippen molar-refractivity contribution >= 4 is 11.9 Å². The molecule has 0 atom stereocenters. The van der Waals surface area contributed by atoms with Gasteiger partial charge in [-0.05, 0) is 51.0 Å². The van der Waals surface area contributed by atoms with Crippen molar-refractivity contribution in [2.75, 3.05) is 0 Å². The molecule has 7 nitrogen and oxygen atoms in total. The number of carboxylic acid groups (broad SMARTS) is 2. The molecule has 0 saturated carbocycles. The summed E-state index contributed by atoms with van der Waals surface area (Å²) in [7, 11) is 0. The average molecular weight is 559 g/mol. The summed E-state index contributed by atoms with van der Waals surface area (Å²) in [6, 6.07) is 20.2. The molecule has 0 saturated heterocycles. The van der Waals surface area contributed by atoms with Crippen LogP contribution in [0.5, 0.6) is 0 Å². The summed E-state index contributed by atoms with van der Waals surface area (Å²) in [5, 5.41) is 18.3. The number of rotatable bonds is 7. The molecule has 0 aliphatic carbocycles. The Hall–Kier alpha value is -2.01. The van der Waals surface area contributed by atoms with Crippen LogP contribution in [-0.2, 0) is 75.0 Å². The van der Waals surface area contributed by atoms with Crippen molar-refractivity contribution in [3.05, 3.63) is 97.1 Å². The van der Waals surface area contributed by atoms with Gasteiger partial charge >= 0.3 is 39.0 Å². The molecule has 33 heavy (non-hydrogen) atoms. The number of carboxylic acids is 2. The quantitative estimate of drug-likeness (QED) is 0.222. The Morgan fingerprint density at radius 2 is 0.909 bits per heavy atom. The minimum absolute atomic E-state index is 0. The number of hydrogen-bond donors (Lipinski definition) is 0. The van der Waals surface area contributed by atoms with Crippen LogP contribution in [0.1, 0.15) is 38.8 Å². The van der Waals surface area contributed by atoms with E-state index >= 15 is 0 Å². The number of benzene rings is 2. The summed E-state index contributed by atoms with van der Waals surface area (Å²) < 4.78 is 0. The molecule has 0 fully saturated rings. The molecule has 170 valence electrons. The normalized spacial score (nSPS) is 9.45. The number of carbonyl (C=O) groups excluding carboxylic acids is 2. The van der Waals surface area contributed by atoms with Crippen LogP contribution in [0.3, 0.4) is 0 Å².